The van der Waals surface area contributed by atoms with E-state index >= 15 is 0 Å². The first-order valence-corrected chi connectivity index (χ1v) is 6.61. The maximum absolute atomic E-state index is 6.19. The Morgan fingerprint density at radius 3 is 2.64 bits per heavy atom. The lowest BCUT2D eigenvalue weighted by molar-refractivity contribution is 0.496. The lowest BCUT2D eigenvalue weighted by atomic mass is 10.0. The van der Waals surface area contributed by atoms with Crippen molar-refractivity contribution in [2.24, 2.45) is 17.1 Å². The zero-order chi connectivity index (χ0) is 10.5. The minimum atomic E-state index is 0.152. The summed E-state index contributed by atoms with van der Waals surface area (Å²) in [5.41, 5.74) is 6.61. The van der Waals surface area contributed by atoms with E-state index in [0.717, 1.165) is 8.81 Å². The molecule has 0 saturated heterocycles. The molecule has 2 N–H and O–H groups in total. The molecule has 1 nitrogen and oxygen atoms in total. The molecule has 1 saturated carbocycles. The minimum absolute atomic E-state index is 0.152. The second-order valence-electron chi connectivity index (χ2n) is 4.60. The Morgan fingerprint density at radius 2 is 2.29 bits per heavy atom. The van der Waals surface area contributed by atoms with Crippen molar-refractivity contribution in [2.45, 2.75) is 26.3 Å². The maximum atomic E-state index is 6.19. The van der Waals surface area contributed by atoms with Gasteiger partial charge in [-0.3, -0.25) is 0 Å². The van der Waals surface area contributed by atoms with Gasteiger partial charge in [0, 0.05) is 10.9 Å². The standard InChI is InChI=1S/C10H13BrClNS/c1-10(2)4-5(10)8(13)7-3-6(12)9(11)14-7/h3,5,8H,4,13H2,1-2H3. The van der Waals surface area contributed by atoms with Gasteiger partial charge in [-0.2, -0.15) is 0 Å². The monoisotopic (exact) mass is 293 g/mol. The van der Waals surface area contributed by atoms with Gasteiger partial charge in [0.25, 0.3) is 0 Å². The van der Waals surface area contributed by atoms with E-state index in [9.17, 15) is 0 Å². The molecule has 2 unspecified atom stereocenters. The average molecular weight is 295 g/mol. The summed E-state index contributed by atoms with van der Waals surface area (Å²) in [6.45, 7) is 4.53. The van der Waals surface area contributed by atoms with E-state index in [-0.39, 0.29) is 6.04 Å². The van der Waals surface area contributed by atoms with Crippen molar-refractivity contribution in [1.82, 2.24) is 0 Å². The van der Waals surface area contributed by atoms with Gasteiger partial charge in [-0.1, -0.05) is 25.4 Å². The van der Waals surface area contributed by atoms with Crippen LogP contribution in [0.15, 0.2) is 9.85 Å². The van der Waals surface area contributed by atoms with Gasteiger partial charge in [0.05, 0.1) is 8.81 Å². The Balaban J connectivity index is 2.16. The van der Waals surface area contributed by atoms with Crippen molar-refractivity contribution >= 4 is 38.9 Å². The van der Waals surface area contributed by atoms with Crippen LogP contribution >= 0.6 is 38.9 Å². The van der Waals surface area contributed by atoms with Crippen LogP contribution in [0.1, 0.15) is 31.2 Å². The van der Waals surface area contributed by atoms with E-state index in [4.69, 9.17) is 17.3 Å². The first kappa shape index (κ1) is 10.9. The molecule has 2 rings (SSSR count). The van der Waals surface area contributed by atoms with Crippen LogP contribution in [0.5, 0.6) is 0 Å². The SMILES string of the molecule is CC1(C)CC1C(N)c1cc(Cl)c(Br)s1. The Kier molecular flexibility index (Phi) is 2.71. The number of nitrogens with two attached hydrogens (primary N) is 1. The normalized spacial score (nSPS) is 26.2. The van der Waals surface area contributed by atoms with Crippen molar-refractivity contribution < 1.29 is 0 Å². The van der Waals surface area contributed by atoms with Gasteiger partial charge in [0.15, 0.2) is 0 Å². The summed E-state index contributed by atoms with van der Waals surface area (Å²) in [5.74, 6) is 0.615. The van der Waals surface area contributed by atoms with Gasteiger partial charge in [0.2, 0.25) is 0 Å². The molecule has 1 aliphatic carbocycles. The van der Waals surface area contributed by atoms with Gasteiger partial charge < -0.3 is 5.73 Å². The molecule has 1 aromatic heterocycles. The largest absolute Gasteiger partial charge is 0.323 e. The Morgan fingerprint density at radius 1 is 1.71 bits per heavy atom. The Bertz CT molecular complexity index is 342. The highest BCUT2D eigenvalue weighted by molar-refractivity contribution is 9.11. The van der Waals surface area contributed by atoms with Crippen LogP contribution in [0.2, 0.25) is 5.02 Å². The van der Waals surface area contributed by atoms with E-state index in [1.165, 1.54) is 11.3 Å². The molecule has 14 heavy (non-hydrogen) atoms. The first-order valence-electron chi connectivity index (χ1n) is 4.62. The molecular formula is C10H13BrClNS. The van der Waals surface area contributed by atoms with Gasteiger partial charge in [0.1, 0.15) is 0 Å². The molecule has 1 aliphatic rings. The summed E-state index contributed by atoms with van der Waals surface area (Å²) in [6, 6.07) is 2.13. The Hall–Kier alpha value is 0.430. The van der Waals surface area contributed by atoms with Crippen LogP contribution in [-0.4, -0.2) is 0 Å². The highest BCUT2D eigenvalue weighted by Gasteiger charge is 2.49. The molecule has 0 bridgehead atoms. The molecule has 0 amide bonds. The highest BCUT2D eigenvalue weighted by Crippen LogP contribution is 2.58. The quantitative estimate of drug-likeness (QED) is 0.869. The van der Waals surface area contributed by atoms with Gasteiger partial charge in [-0.15, -0.1) is 11.3 Å². The first-order chi connectivity index (χ1) is 6.42. The van der Waals surface area contributed by atoms with Crippen molar-refractivity contribution in [1.29, 1.82) is 0 Å². The molecule has 1 aromatic rings. The van der Waals surface area contributed by atoms with Gasteiger partial charge >= 0.3 is 0 Å². The van der Waals surface area contributed by atoms with Gasteiger partial charge in [-0.25, -0.2) is 0 Å². The summed E-state index contributed by atoms with van der Waals surface area (Å²) in [5, 5.41) is 0.777. The van der Waals surface area contributed by atoms with Crippen LogP contribution < -0.4 is 5.73 Å². The number of halogens is 2. The third kappa shape index (κ3) is 1.87. The summed E-state index contributed by atoms with van der Waals surface area (Å²) >= 11 is 11.0. The van der Waals surface area contributed by atoms with Crippen molar-refractivity contribution in [3.8, 4) is 0 Å². The van der Waals surface area contributed by atoms with Crippen molar-refractivity contribution in [3.05, 3.63) is 19.8 Å². The molecule has 0 spiro atoms. The molecule has 0 aromatic carbocycles. The molecule has 1 fully saturated rings. The number of hydrogen-bond acceptors (Lipinski definition) is 2. The topological polar surface area (TPSA) is 26.0 Å². The van der Waals surface area contributed by atoms with Crippen LogP contribution in [0.3, 0.4) is 0 Å². The fourth-order valence-corrected chi connectivity index (χ4v) is 3.66. The zero-order valence-corrected chi connectivity index (χ0v) is 11.3. The number of thiophene rings is 1. The van der Waals surface area contributed by atoms with Crippen LogP contribution in [0.4, 0.5) is 0 Å². The lowest BCUT2D eigenvalue weighted by Gasteiger charge is -2.10. The molecule has 1 heterocycles. The third-order valence-corrected chi connectivity index (χ3v) is 5.59. The van der Waals surface area contributed by atoms with E-state index < -0.39 is 0 Å². The number of rotatable bonds is 2. The second kappa shape index (κ2) is 3.48. The smallest absolute Gasteiger partial charge is 0.0887 e. The van der Waals surface area contributed by atoms with Gasteiger partial charge in [-0.05, 0) is 39.8 Å². The molecular weight excluding hydrogens is 282 g/mol. The van der Waals surface area contributed by atoms with E-state index in [0.29, 0.717) is 11.3 Å². The van der Waals surface area contributed by atoms with Crippen LogP contribution in [-0.2, 0) is 0 Å². The summed E-state index contributed by atoms with van der Waals surface area (Å²) in [7, 11) is 0. The predicted octanol–water partition coefficient (Wildman–Crippen LogP) is 4.21. The fraction of sp³-hybridized carbons (Fsp3) is 0.600. The maximum Gasteiger partial charge on any atom is 0.0887 e. The van der Waals surface area contributed by atoms with E-state index in [1.807, 2.05) is 6.07 Å². The predicted molar refractivity (Wildman–Crippen MR) is 65.8 cm³/mol. The summed E-state index contributed by atoms with van der Waals surface area (Å²) in [6.07, 6.45) is 1.22. The lowest BCUT2D eigenvalue weighted by Crippen LogP contribution is -2.13. The molecule has 4 heteroatoms. The second-order valence-corrected chi connectivity index (χ2v) is 7.40. The van der Waals surface area contributed by atoms with Crippen molar-refractivity contribution in [2.75, 3.05) is 0 Å². The molecule has 0 radical (unpaired) electrons. The van der Waals surface area contributed by atoms with Crippen LogP contribution in [0.25, 0.3) is 0 Å². The van der Waals surface area contributed by atoms with E-state index in [2.05, 4.69) is 29.8 Å². The number of hydrogen-bond donors (Lipinski definition) is 1. The third-order valence-electron chi connectivity index (χ3n) is 3.02. The van der Waals surface area contributed by atoms with Crippen molar-refractivity contribution in [3.63, 3.8) is 0 Å². The zero-order valence-electron chi connectivity index (χ0n) is 8.18. The van der Waals surface area contributed by atoms with E-state index in [1.54, 1.807) is 11.3 Å². The molecule has 2 atom stereocenters. The molecule has 78 valence electrons. The average Bonchev–Trinajstić information content (AvgIpc) is 2.59. The highest BCUT2D eigenvalue weighted by atomic mass is 79.9. The molecule has 0 aliphatic heterocycles. The summed E-state index contributed by atoms with van der Waals surface area (Å²) in [4.78, 5) is 1.19. The minimum Gasteiger partial charge on any atom is -0.323 e. The van der Waals surface area contributed by atoms with Crippen LogP contribution in [0, 0.1) is 11.3 Å². The summed E-state index contributed by atoms with van der Waals surface area (Å²) < 4.78 is 0.989. The fourth-order valence-electron chi connectivity index (χ4n) is 1.85. The Labute approximate surface area is 102 Å².